The van der Waals surface area contributed by atoms with Crippen LogP contribution in [0.15, 0.2) is 54.6 Å². The van der Waals surface area contributed by atoms with Crippen LogP contribution < -0.4 is 5.32 Å². The summed E-state index contributed by atoms with van der Waals surface area (Å²) in [6, 6.07) is 16.0. The van der Waals surface area contributed by atoms with Gasteiger partial charge in [0.2, 0.25) is 0 Å². The number of hydrogen-bond donors (Lipinski definition) is 2. The quantitative estimate of drug-likeness (QED) is 0.691. The number of aromatic amines is 1. The number of H-pyrrole nitrogens is 1. The van der Waals surface area contributed by atoms with E-state index in [0.717, 1.165) is 23.9 Å². The van der Waals surface area contributed by atoms with Crippen LogP contribution in [0.5, 0.6) is 0 Å². The minimum atomic E-state index is -2.83. The van der Waals surface area contributed by atoms with Crippen molar-refractivity contribution in [3.05, 3.63) is 65.7 Å². The molecule has 118 valence electrons. The number of nitrogens with zero attached hydrogens (tertiary/aromatic N) is 1. The maximum atomic E-state index is 13.2. The van der Waals surface area contributed by atoms with Gasteiger partial charge in [0, 0.05) is 24.2 Å². The molecule has 0 aliphatic rings. The van der Waals surface area contributed by atoms with Crippen LogP contribution in [0.25, 0.3) is 11.3 Å². The first kappa shape index (κ1) is 15.2. The summed E-state index contributed by atoms with van der Waals surface area (Å²) in [5.41, 5.74) is 3.70. The molecule has 0 fully saturated rings. The lowest BCUT2D eigenvalue weighted by Crippen LogP contribution is -2.06. The summed E-state index contributed by atoms with van der Waals surface area (Å²) in [5, 5.41) is 10.3. The summed E-state index contributed by atoms with van der Waals surface area (Å²) in [5.74, 6) is -2.15. The SMILES string of the molecule is Cc1ccc(Nc2cc(-c3ccc(C(C)(F)F)cc3)[nH]n2)cc1. The Kier molecular flexibility index (Phi) is 3.86. The monoisotopic (exact) mass is 313 g/mol. The highest BCUT2D eigenvalue weighted by Crippen LogP contribution is 2.29. The Labute approximate surface area is 133 Å². The van der Waals surface area contributed by atoms with Crippen LogP contribution in [0.1, 0.15) is 18.1 Å². The Hall–Kier alpha value is -2.69. The second kappa shape index (κ2) is 5.83. The van der Waals surface area contributed by atoms with Crippen LogP contribution in [-0.4, -0.2) is 10.2 Å². The van der Waals surface area contributed by atoms with Crippen molar-refractivity contribution >= 4 is 11.5 Å². The smallest absolute Gasteiger partial charge is 0.270 e. The summed E-state index contributed by atoms with van der Waals surface area (Å²) < 4.78 is 26.5. The average Bonchev–Trinajstić information content (AvgIpc) is 2.97. The summed E-state index contributed by atoms with van der Waals surface area (Å²) in [4.78, 5) is 0. The fourth-order valence-corrected chi connectivity index (χ4v) is 2.26. The molecule has 0 spiro atoms. The van der Waals surface area contributed by atoms with Crippen molar-refractivity contribution in [2.24, 2.45) is 0 Å². The minimum absolute atomic E-state index is 0.00114. The number of anilines is 2. The summed E-state index contributed by atoms with van der Waals surface area (Å²) in [6.45, 7) is 2.92. The topological polar surface area (TPSA) is 40.7 Å². The number of hydrogen-bond acceptors (Lipinski definition) is 2. The number of rotatable bonds is 4. The summed E-state index contributed by atoms with van der Waals surface area (Å²) in [7, 11) is 0. The van der Waals surface area contributed by atoms with Gasteiger partial charge in [-0.2, -0.15) is 5.10 Å². The molecule has 5 heteroatoms. The maximum Gasteiger partial charge on any atom is 0.270 e. The molecule has 0 radical (unpaired) electrons. The van der Waals surface area contributed by atoms with Gasteiger partial charge < -0.3 is 5.32 Å². The van der Waals surface area contributed by atoms with E-state index in [4.69, 9.17) is 0 Å². The number of halogens is 2. The van der Waals surface area contributed by atoms with E-state index < -0.39 is 5.92 Å². The fourth-order valence-electron chi connectivity index (χ4n) is 2.26. The molecular formula is C18H17F2N3. The Morgan fingerprint density at radius 3 is 2.26 bits per heavy atom. The van der Waals surface area contributed by atoms with E-state index in [1.54, 1.807) is 12.1 Å². The summed E-state index contributed by atoms with van der Waals surface area (Å²) in [6.07, 6.45) is 0. The molecule has 0 saturated heterocycles. The third kappa shape index (κ3) is 3.56. The van der Waals surface area contributed by atoms with Crippen molar-refractivity contribution in [3.8, 4) is 11.3 Å². The van der Waals surface area contributed by atoms with Gasteiger partial charge in [-0.3, -0.25) is 5.10 Å². The zero-order valence-corrected chi connectivity index (χ0v) is 12.9. The Bertz CT molecular complexity index is 784. The van der Waals surface area contributed by atoms with E-state index in [0.29, 0.717) is 5.82 Å². The molecule has 0 aliphatic heterocycles. The van der Waals surface area contributed by atoms with E-state index in [2.05, 4.69) is 15.5 Å². The van der Waals surface area contributed by atoms with Crippen molar-refractivity contribution in [3.63, 3.8) is 0 Å². The molecule has 1 aromatic heterocycles. The molecule has 3 nitrogen and oxygen atoms in total. The van der Waals surface area contributed by atoms with Crippen LogP contribution in [0.4, 0.5) is 20.3 Å². The van der Waals surface area contributed by atoms with E-state index in [-0.39, 0.29) is 5.56 Å². The molecule has 3 aromatic rings. The van der Waals surface area contributed by atoms with E-state index in [9.17, 15) is 8.78 Å². The number of nitrogens with one attached hydrogen (secondary N) is 2. The van der Waals surface area contributed by atoms with Gasteiger partial charge in [0.15, 0.2) is 5.82 Å². The van der Waals surface area contributed by atoms with Gasteiger partial charge in [0.1, 0.15) is 0 Å². The Morgan fingerprint density at radius 2 is 1.65 bits per heavy atom. The van der Waals surface area contributed by atoms with Crippen molar-refractivity contribution in [2.75, 3.05) is 5.32 Å². The molecule has 2 aromatic carbocycles. The van der Waals surface area contributed by atoms with Crippen molar-refractivity contribution in [1.29, 1.82) is 0 Å². The van der Waals surface area contributed by atoms with Crippen molar-refractivity contribution < 1.29 is 8.78 Å². The Balaban J connectivity index is 1.77. The fraction of sp³-hybridized carbons (Fsp3) is 0.167. The molecular weight excluding hydrogens is 296 g/mol. The normalized spacial score (nSPS) is 11.5. The number of alkyl halides is 2. The number of benzene rings is 2. The molecule has 23 heavy (non-hydrogen) atoms. The molecule has 0 bridgehead atoms. The molecule has 0 aliphatic carbocycles. The highest BCUT2D eigenvalue weighted by Gasteiger charge is 2.23. The van der Waals surface area contributed by atoms with Crippen LogP contribution in [0.2, 0.25) is 0 Å². The van der Waals surface area contributed by atoms with Crippen LogP contribution >= 0.6 is 0 Å². The first-order valence-electron chi connectivity index (χ1n) is 7.30. The second-order valence-corrected chi connectivity index (χ2v) is 5.62. The molecule has 1 heterocycles. The highest BCUT2D eigenvalue weighted by atomic mass is 19.3. The van der Waals surface area contributed by atoms with Gasteiger partial charge in [0.05, 0.1) is 5.69 Å². The zero-order chi connectivity index (χ0) is 16.4. The molecule has 3 rings (SSSR count). The number of aromatic nitrogens is 2. The zero-order valence-electron chi connectivity index (χ0n) is 12.9. The summed E-state index contributed by atoms with van der Waals surface area (Å²) >= 11 is 0. The first-order chi connectivity index (χ1) is 10.9. The number of aryl methyl sites for hydroxylation is 1. The van der Waals surface area contributed by atoms with Crippen LogP contribution in [0, 0.1) is 6.92 Å². The predicted octanol–water partition coefficient (Wildman–Crippen LogP) is 5.24. The van der Waals surface area contributed by atoms with Crippen LogP contribution in [0.3, 0.4) is 0 Å². The van der Waals surface area contributed by atoms with E-state index >= 15 is 0 Å². The molecule has 0 saturated carbocycles. The van der Waals surface area contributed by atoms with Gasteiger partial charge in [-0.15, -0.1) is 0 Å². The molecule has 0 atom stereocenters. The lowest BCUT2D eigenvalue weighted by atomic mass is 10.1. The lowest BCUT2D eigenvalue weighted by Gasteiger charge is -2.10. The van der Waals surface area contributed by atoms with Gasteiger partial charge in [0.25, 0.3) is 5.92 Å². The van der Waals surface area contributed by atoms with Gasteiger partial charge >= 0.3 is 0 Å². The predicted molar refractivity (Wildman–Crippen MR) is 88.1 cm³/mol. The van der Waals surface area contributed by atoms with Crippen LogP contribution in [-0.2, 0) is 5.92 Å². The molecule has 0 unspecified atom stereocenters. The Morgan fingerprint density at radius 1 is 1.00 bits per heavy atom. The third-order valence-electron chi connectivity index (χ3n) is 3.60. The average molecular weight is 313 g/mol. The van der Waals surface area contributed by atoms with Gasteiger partial charge in [-0.1, -0.05) is 42.0 Å². The standard InChI is InChI=1S/C18H17F2N3/c1-12-3-9-15(10-4-12)21-17-11-16(22-23-17)13-5-7-14(8-6-13)18(2,19)20/h3-11H,1-2H3,(H2,21,22,23). The highest BCUT2D eigenvalue weighted by molar-refractivity contribution is 5.66. The minimum Gasteiger partial charge on any atom is -0.339 e. The maximum absolute atomic E-state index is 13.2. The van der Waals surface area contributed by atoms with Crippen molar-refractivity contribution in [1.82, 2.24) is 10.2 Å². The van der Waals surface area contributed by atoms with Gasteiger partial charge in [-0.25, -0.2) is 8.78 Å². The largest absolute Gasteiger partial charge is 0.339 e. The third-order valence-corrected chi connectivity index (χ3v) is 3.60. The second-order valence-electron chi connectivity index (χ2n) is 5.62. The molecule has 2 N–H and O–H groups in total. The lowest BCUT2D eigenvalue weighted by molar-refractivity contribution is 0.0175. The van der Waals surface area contributed by atoms with E-state index in [1.807, 2.05) is 37.3 Å². The van der Waals surface area contributed by atoms with Gasteiger partial charge in [-0.05, 0) is 24.6 Å². The molecule has 0 amide bonds. The van der Waals surface area contributed by atoms with Crippen molar-refractivity contribution in [2.45, 2.75) is 19.8 Å². The van der Waals surface area contributed by atoms with E-state index in [1.165, 1.54) is 17.7 Å². The first-order valence-corrected chi connectivity index (χ1v) is 7.30.